The van der Waals surface area contributed by atoms with Crippen LogP contribution in [0.15, 0.2) is 28.7 Å². The Kier molecular flexibility index (Phi) is 9.42. The highest BCUT2D eigenvalue weighted by molar-refractivity contribution is 7.89. The molecule has 0 saturated heterocycles. The van der Waals surface area contributed by atoms with Crippen LogP contribution in [0.3, 0.4) is 0 Å². The van der Waals surface area contributed by atoms with Crippen molar-refractivity contribution in [1.82, 2.24) is 4.72 Å². The van der Waals surface area contributed by atoms with Crippen molar-refractivity contribution in [3.05, 3.63) is 40.5 Å². The van der Waals surface area contributed by atoms with Gasteiger partial charge < -0.3 is 0 Å². The normalized spacial score (nSPS) is 13.9. The van der Waals surface area contributed by atoms with Gasteiger partial charge in [-0.1, -0.05) is 37.6 Å². The van der Waals surface area contributed by atoms with Crippen molar-refractivity contribution in [3.8, 4) is 0 Å². The molecule has 1 aromatic rings. The van der Waals surface area contributed by atoms with Crippen LogP contribution in [-0.4, -0.2) is 57.0 Å². The van der Waals surface area contributed by atoms with Crippen molar-refractivity contribution < 1.29 is 33.6 Å². The lowest BCUT2D eigenvalue weighted by Gasteiger charge is -2.22. The van der Waals surface area contributed by atoms with Gasteiger partial charge in [-0.3, -0.25) is 8.37 Å². The summed E-state index contributed by atoms with van der Waals surface area (Å²) in [6, 6.07) is 2.77. The molecule has 0 heterocycles. The second kappa shape index (κ2) is 10.5. The summed E-state index contributed by atoms with van der Waals surface area (Å²) in [4.78, 5) is 0.165. The molecule has 31 heavy (non-hydrogen) atoms. The SMILES string of the molecule is Cc1cc(C)c(S(=O)(=O)NC(C=C(COS(C)(=O)=O)COS(C)(=O)=O)C(C)C)c(C)c1. The number of hydrogen-bond donors (Lipinski definition) is 1. The summed E-state index contributed by atoms with van der Waals surface area (Å²) >= 11 is 0. The van der Waals surface area contributed by atoms with Crippen LogP contribution in [0.4, 0.5) is 0 Å². The number of nitrogens with one attached hydrogen (secondary N) is 1. The van der Waals surface area contributed by atoms with Crippen LogP contribution in [0, 0.1) is 26.7 Å². The molecule has 0 aromatic heterocycles. The molecule has 1 rings (SSSR count). The molecule has 1 unspecified atom stereocenters. The van der Waals surface area contributed by atoms with Crippen LogP contribution in [-0.2, 0) is 38.6 Å². The first-order chi connectivity index (χ1) is 13.9. The standard InChI is InChI=1S/C19H31NO8S3/c1-13(2)18(10-17(11-27-29(6,21)22)12-28-30(7,23)24)20-31(25,26)19-15(4)8-14(3)9-16(19)5/h8-10,13,18,20H,11-12H2,1-7H3. The molecule has 0 aliphatic heterocycles. The third-order valence-electron chi connectivity index (χ3n) is 4.21. The summed E-state index contributed by atoms with van der Waals surface area (Å²) < 4.78 is 83.8. The van der Waals surface area contributed by atoms with Gasteiger partial charge in [0.25, 0.3) is 20.2 Å². The average Bonchev–Trinajstić information content (AvgIpc) is 2.53. The summed E-state index contributed by atoms with van der Waals surface area (Å²) in [5, 5.41) is 0. The maximum atomic E-state index is 13.1. The fourth-order valence-corrected chi connectivity index (χ4v) is 5.46. The molecule has 0 aliphatic carbocycles. The number of aryl methyl sites for hydroxylation is 3. The van der Waals surface area contributed by atoms with Crippen LogP contribution >= 0.6 is 0 Å². The number of rotatable bonds is 11. The third-order valence-corrected chi connectivity index (χ3v) is 7.07. The van der Waals surface area contributed by atoms with Crippen LogP contribution in [0.25, 0.3) is 0 Å². The van der Waals surface area contributed by atoms with Gasteiger partial charge >= 0.3 is 0 Å². The van der Waals surface area contributed by atoms with Gasteiger partial charge in [-0.25, -0.2) is 13.1 Å². The molecule has 0 aliphatic rings. The van der Waals surface area contributed by atoms with Crippen LogP contribution in [0.2, 0.25) is 0 Å². The van der Waals surface area contributed by atoms with Crippen LogP contribution < -0.4 is 4.72 Å². The Bertz CT molecular complexity index is 1070. The van der Waals surface area contributed by atoms with E-state index in [1.54, 1.807) is 39.8 Å². The first-order valence-corrected chi connectivity index (χ1v) is 14.5. The molecule has 0 amide bonds. The molecule has 0 bridgehead atoms. The predicted octanol–water partition coefficient (Wildman–Crippen LogP) is 1.79. The first-order valence-electron chi connectivity index (χ1n) is 9.40. The molecule has 1 N–H and O–H groups in total. The van der Waals surface area contributed by atoms with Crippen molar-refractivity contribution >= 4 is 30.3 Å². The van der Waals surface area contributed by atoms with E-state index in [-0.39, 0.29) is 16.4 Å². The topological polar surface area (TPSA) is 133 Å². The summed E-state index contributed by atoms with van der Waals surface area (Å²) in [5.74, 6) is -0.243. The first kappa shape index (κ1) is 27.7. The van der Waals surface area contributed by atoms with E-state index in [0.29, 0.717) is 11.1 Å². The van der Waals surface area contributed by atoms with Crippen molar-refractivity contribution in [2.24, 2.45) is 5.92 Å². The van der Waals surface area contributed by atoms with E-state index < -0.39 is 49.5 Å². The van der Waals surface area contributed by atoms with E-state index >= 15 is 0 Å². The van der Waals surface area contributed by atoms with Gasteiger partial charge in [-0.15, -0.1) is 0 Å². The van der Waals surface area contributed by atoms with E-state index in [1.807, 2.05) is 6.92 Å². The van der Waals surface area contributed by atoms with Crippen molar-refractivity contribution in [3.63, 3.8) is 0 Å². The Balaban J connectivity index is 3.33. The molecule has 0 radical (unpaired) electrons. The van der Waals surface area contributed by atoms with Crippen molar-refractivity contribution in [2.75, 3.05) is 25.7 Å². The van der Waals surface area contributed by atoms with Crippen molar-refractivity contribution in [2.45, 2.75) is 45.6 Å². The zero-order valence-corrected chi connectivity index (χ0v) is 21.2. The Labute approximate surface area is 186 Å². The molecule has 1 atom stereocenters. The molecule has 12 heteroatoms. The maximum absolute atomic E-state index is 13.1. The molecule has 178 valence electrons. The average molecular weight is 498 g/mol. The van der Waals surface area contributed by atoms with E-state index in [0.717, 1.165) is 18.1 Å². The van der Waals surface area contributed by atoms with E-state index in [9.17, 15) is 25.3 Å². The zero-order chi connectivity index (χ0) is 24.2. The van der Waals surface area contributed by atoms with Gasteiger partial charge in [0.15, 0.2) is 0 Å². The lowest BCUT2D eigenvalue weighted by Crippen LogP contribution is -2.38. The second-order valence-electron chi connectivity index (χ2n) is 7.88. The van der Waals surface area contributed by atoms with Gasteiger partial charge in [0, 0.05) is 6.04 Å². The minimum Gasteiger partial charge on any atom is -0.266 e. The van der Waals surface area contributed by atoms with Gasteiger partial charge in [-0.2, -0.15) is 16.8 Å². The smallest absolute Gasteiger partial charge is 0.264 e. The zero-order valence-electron chi connectivity index (χ0n) is 18.8. The third kappa shape index (κ3) is 9.79. The summed E-state index contributed by atoms with van der Waals surface area (Å²) in [7, 11) is -11.5. The summed E-state index contributed by atoms with van der Waals surface area (Å²) in [6.07, 6.45) is 3.14. The molecule has 9 nitrogen and oxygen atoms in total. The quantitative estimate of drug-likeness (QED) is 0.361. The highest BCUT2D eigenvalue weighted by Crippen LogP contribution is 2.23. The largest absolute Gasteiger partial charge is 0.266 e. The van der Waals surface area contributed by atoms with E-state index in [2.05, 4.69) is 4.72 Å². The minimum absolute atomic E-state index is 0.162. The van der Waals surface area contributed by atoms with Gasteiger partial charge in [0.05, 0.1) is 30.6 Å². The minimum atomic E-state index is -3.93. The molecule has 0 fully saturated rings. The van der Waals surface area contributed by atoms with E-state index in [1.165, 1.54) is 6.08 Å². The Hall–Kier alpha value is -1.31. The Morgan fingerprint density at radius 2 is 1.32 bits per heavy atom. The van der Waals surface area contributed by atoms with E-state index in [4.69, 9.17) is 8.37 Å². The fraction of sp³-hybridized carbons (Fsp3) is 0.579. The molecule has 0 saturated carbocycles. The highest BCUT2D eigenvalue weighted by atomic mass is 32.2. The molecular formula is C19H31NO8S3. The summed E-state index contributed by atoms with van der Waals surface area (Å²) in [6.45, 7) is 7.89. The molecule has 0 spiro atoms. The van der Waals surface area contributed by atoms with Crippen LogP contribution in [0.1, 0.15) is 30.5 Å². The number of sulfonamides is 1. The highest BCUT2D eigenvalue weighted by Gasteiger charge is 2.25. The Morgan fingerprint density at radius 3 is 1.68 bits per heavy atom. The summed E-state index contributed by atoms with van der Waals surface area (Å²) in [5.41, 5.74) is 2.29. The Morgan fingerprint density at radius 1 is 0.903 bits per heavy atom. The molecular weight excluding hydrogens is 466 g/mol. The fourth-order valence-electron chi connectivity index (χ4n) is 2.95. The monoisotopic (exact) mass is 497 g/mol. The molecule has 1 aromatic carbocycles. The van der Waals surface area contributed by atoms with Crippen molar-refractivity contribution in [1.29, 1.82) is 0 Å². The lowest BCUT2D eigenvalue weighted by molar-refractivity contribution is 0.305. The number of hydrogen-bond acceptors (Lipinski definition) is 8. The van der Waals surface area contributed by atoms with Gasteiger partial charge in [0.2, 0.25) is 10.0 Å². The van der Waals surface area contributed by atoms with Crippen LogP contribution in [0.5, 0.6) is 0 Å². The number of benzene rings is 1. The maximum Gasteiger partial charge on any atom is 0.264 e. The van der Waals surface area contributed by atoms with Gasteiger partial charge in [-0.05, 0) is 43.4 Å². The predicted molar refractivity (Wildman–Crippen MR) is 119 cm³/mol. The second-order valence-corrected chi connectivity index (χ2v) is 12.8. The lowest BCUT2D eigenvalue weighted by atomic mass is 10.0. The van der Waals surface area contributed by atoms with Gasteiger partial charge in [0.1, 0.15) is 0 Å².